The summed E-state index contributed by atoms with van der Waals surface area (Å²) < 4.78 is 16.6. The second kappa shape index (κ2) is 8.03. The number of benzene rings is 2. The van der Waals surface area contributed by atoms with Gasteiger partial charge in [-0.1, -0.05) is 18.2 Å². The average Bonchev–Trinajstić information content (AvgIpc) is 3.46. The number of ether oxygens (including phenoxy) is 3. The van der Waals surface area contributed by atoms with Crippen LogP contribution in [0.1, 0.15) is 12.8 Å². The molecule has 4 unspecified atom stereocenters. The Kier molecular flexibility index (Phi) is 5.07. The number of likely N-dealkylation sites (tertiary alicyclic amines) is 1. The van der Waals surface area contributed by atoms with Crippen LogP contribution in [0, 0.1) is 11.8 Å². The highest BCUT2D eigenvalue weighted by Crippen LogP contribution is 2.48. The number of rotatable bonds is 6. The lowest BCUT2D eigenvalue weighted by Gasteiger charge is -2.17. The quantitative estimate of drug-likeness (QED) is 0.719. The van der Waals surface area contributed by atoms with Crippen LogP contribution in [0.5, 0.6) is 11.5 Å². The number of para-hydroxylation sites is 1. The average molecular weight is 422 g/mol. The molecule has 31 heavy (non-hydrogen) atoms. The van der Waals surface area contributed by atoms with E-state index in [1.165, 1.54) is 4.90 Å². The molecule has 0 radical (unpaired) electrons. The normalized spacial score (nSPS) is 26.1. The number of hydrogen-bond acceptors (Lipinski definition) is 6. The predicted molar refractivity (Wildman–Crippen MR) is 110 cm³/mol. The number of imide groups is 1. The van der Waals surface area contributed by atoms with Crippen LogP contribution in [0.4, 0.5) is 10.5 Å². The zero-order chi connectivity index (χ0) is 21.4. The molecule has 8 nitrogen and oxygen atoms in total. The smallest absolute Gasteiger partial charge is 0.411 e. The SMILES string of the molecule is O=C(Nc1ccc(Oc2ccccc2)cc1)OCCN1C(=O)C2C3CCC(O3)C2C1=O. The summed E-state index contributed by atoms with van der Waals surface area (Å²) in [4.78, 5) is 38.4. The van der Waals surface area contributed by atoms with E-state index in [0.29, 0.717) is 11.4 Å². The third kappa shape index (κ3) is 3.74. The molecule has 3 saturated heterocycles. The van der Waals surface area contributed by atoms with Crippen molar-refractivity contribution in [1.82, 2.24) is 4.90 Å². The first kappa shape index (κ1) is 19.6. The van der Waals surface area contributed by atoms with Crippen LogP contribution >= 0.6 is 0 Å². The van der Waals surface area contributed by atoms with Crippen LogP contribution in [0.2, 0.25) is 0 Å². The summed E-state index contributed by atoms with van der Waals surface area (Å²) in [5, 5.41) is 2.62. The number of carbonyl (C=O) groups excluding carboxylic acids is 3. The standard InChI is InChI=1S/C23H22N2O6/c26-21-19-17-10-11-18(31-17)20(19)22(27)25(21)12-13-29-23(28)24-14-6-8-16(9-7-14)30-15-4-2-1-3-5-15/h1-9,17-20H,10-13H2,(H,24,28). The minimum atomic E-state index is -0.653. The second-order valence-electron chi connectivity index (χ2n) is 7.87. The summed E-state index contributed by atoms with van der Waals surface area (Å²) in [5.74, 6) is 0.214. The molecular formula is C23H22N2O6. The Morgan fingerprint density at radius 1 is 0.935 bits per heavy atom. The van der Waals surface area contributed by atoms with E-state index in [1.54, 1.807) is 24.3 Å². The number of carbonyl (C=O) groups is 3. The highest BCUT2D eigenvalue weighted by atomic mass is 16.5. The van der Waals surface area contributed by atoms with Gasteiger partial charge in [-0.05, 0) is 49.2 Å². The summed E-state index contributed by atoms with van der Waals surface area (Å²) in [7, 11) is 0. The Balaban J connectivity index is 1.09. The Hall–Kier alpha value is -3.39. The molecule has 3 aliphatic rings. The number of hydrogen-bond donors (Lipinski definition) is 1. The van der Waals surface area contributed by atoms with Crippen LogP contribution in [-0.2, 0) is 19.1 Å². The molecule has 3 heterocycles. The summed E-state index contributed by atoms with van der Waals surface area (Å²) in [6.45, 7) is -0.00444. The summed E-state index contributed by atoms with van der Waals surface area (Å²) in [5.41, 5.74) is 0.544. The third-order valence-electron chi connectivity index (χ3n) is 6.00. The highest BCUT2D eigenvalue weighted by molar-refractivity contribution is 6.06. The minimum Gasteiger partial charge on any atom is -0.457 e. The molecule has 1 N–H and O–H groups in total. The van der Waals surface area contributed by atoms with E-state index in [2.05, 4.69) is 5.32 Å². The van der Waals surface area contributed by atoms with Crippen molar-refractivity contribution in [2.24, 2.45) is 11.8 Å². The summed E-state index contributed by atoms with van der Waals surface area (Å²) in [6, 6.07) is 16.2. The van der Waals surface area contributed by atoms with Gasteiger partial charge in [0.25, 0.3) is 0 Å². The van der Waals surface area contributed by atoms with Gasteiger partial charge in [0.05, 0.1) is 30.6 Å². The van der Waals surface area contributed by atoms with Crippen molar-refractivity contribution >= 4 is 23.6 Å². The molecule has 0 saturated carbocycles. The van der Waals surface area contributed by atoms with Gasteiger partial charge >= 0.3 is 6.09 Å². The maximum absolute atomic E-state index is 12.6. The minimum absolute atomic E-state index is 0.0569. The number of amides is 3. The summed E-state index contributed by atoms with van der Waals surface area (Å²) in [6.07, 6.45) is 0.711. The second-order valence-corrected chi connectivity index (χ2v) is 7.87. The Bertz CT molecular complexity index is 965. The van der Waals surface area contributed by atoms with Crippen LogP contribution in [-0.4, -0.2) is 48.2 Å². The van der Waals surface area contributed by atoms with Gasteiger partial charge in [0.15, 0.2) is 0 Å². The molecule has 2 aromatic carbocycles. The number of nitrogens with zero attached hydrogens (tertiary/aromatic N) is 1. The first-order valence-electron chi connectivity index (χ1n) is 10.4. The van der Waals surface area contributed by atoms with Gasteiger partial charge in [0, 0.05) is 5.69 Å². The zero-order valence-electron chi connectivity index (χ0n) is 16.7. The van der Waals surface area contributed by atoms with E-state index < -0.39 is 6.09 Å². The highest BCUT2D eigenvalue weighted by Gasteiger charge is 2.62. The maximum atomic E-state index is 12.6. The fourth-order valence-electron chi connectivity index (χ4n) is 4.61. The van der Waals surface area contributed by atoms with Gasteiger partial charge in [-0.3, -0.25) is 19.8 Å². The van der Waals surface area contributed by atoms with Gasteiger partial charge in [-0.15, -0.1) is 0 Å². The molecule has 0 aromatic heterocycles. The first-order chi connectivity index (χ1) is 15.1. The number of nitrogens with one attached hydrogen (secondary N) is 1. The van der Waals surface area contributed by atoms with Crippen molar-refractivity contribution in [2.45, 2.75) is 25.0 Å². The lowest BCUT2D eigenvalue weighted by atomic mass is 9.81. The van der Waals surface area contributed by atoms with Crippen molar-refractivity contribution in [3.63, 3.8) is 0 Å². The van der Waals surface area contributed by atoms with E-state index >= 15 is 0 Å². The van der Waals surface area contributed by atoms with Crippen molar-refractivity contribution in [1.29, 1.82) is 0 Å². The molecule has 2 bridgehead atoms. The third-order valence-corrected chi connectivity index (χ3v) is 6.00. The Morgan fingerprint density at radius 2 is 1.55 bits per heavy atom. The van der Waals surface area contributed by atoms with E-state index in [0.717, 1.165) is 18.6 Å². The van der Waals surface area contributed by atoms with Gasteiger partial charge < -0.3 is 14.2 Å². The van der Waals surface area contributed by atoms with Gasteiger partial charge in [-0.2, -0.15) is 0 Å². The van der Waals surface area contributed by atoms with E-state index in [-0.39, 0.29) is 49.0 Å². The van der Waals surface area contributed by atoms with Gasteiger partial charge in [0.1, 0.15) is 18.1 Å². The molecule has 0 spiro atoms. The molecule has 4 atom stereocenters. The zero-order valence-corrected chi connectivity index (χ0v) is 16.7. The van der Waals surface area contributed by atoms with Crippen LogP contribution in [0.3, 0.4) is 0 Å². The van der Waals surface area contributed by atoms with Crippen molar-refractivity contribution < 1.29 is 28.6 Å². The van der Waals surface area contributed by atoms with Crippen LogP contribution in [0.15, 0.2) is 54.6 Å². The molecule has 3 amide bonds. The molecular weight excluding hydrogens is 400 g/mol. The Morgan fingerprint density at radius 3 is 2.19 bits per heavy atom. The fraction of sp³-hybridized carbons (Fsp3) is 0.348. The molecule has 3 fully saturated rings. The molecule has 0 aliphatic carbocycles. The van der Waals surface area contributed by atoms with E-state index in [1.807, 2.05) is 30.3 Å². The van der Waals surface area contributed by atoms with Crippen molar-refractivity contribution in [3.8, 4) is 11.5 Å². The first-order valence-corrected chi connectivity index (χ1v) is 10.4. The van der Waals surface area contributed by atoms with Crippen LogP contribution < -0.4 is 10.1 Å². The molecule has 2 aromatic rings. The molecule has 3 aliphatic heterocycles. The molecule has 160 valence electrons. The van der Waals surface area contributed by atoms with Gasteiger partial charge in [-0.25, -0.2) is 4.79 Å². The van der Waals surface area contributed by atoms with Gasteiger partial charge in [0.2, 0.25) is 11.8 Å². The largest absolute Gasteiger partial charge is 0.457 e. The van der Waals surface area contributed by atoms with E-state index in [9.17, 15) is 14.4 Å². The Labute approximate surface area is 179 Å². The molecule has 5 rings (SSSR count). The lowest BCUT2D eigenvalue weighted by Crippen LogP contribution is -2.37. The topological polar surface area (TPSA) is 94.2 Å². The predicted octanol–water partition coefficient (Wildman–Crippen LogP) is 3.19. The number of fused-ring (bicyclic) bond motifs is 5. The maximum Gasteiger partial charge on any atom is 0.411 e. The fourth-order valence-corrected chi connectivity index (χ4v) is 4.61. The van der Waals surface area contributed by atoms with Crippen LogP contribution in [0.25, 0.3) is 0 Å². The molecule has 8 heteroatoms. The van der Waals surface area contributed by atoms with E-state index in [4.69, 9.17) is 14.2 Å². The monoisotopic (exact) mass is 422 g/mol. The van der Waals surface area contributed by atoms with Crippen molar-refractivity contribution in [2.75, 3.05) is 18.5 Å². The van der Waals surface area contributed by atoms with Crippen molar-refractivity contribution in [3.05, 3.63) is 54.6 Å². The number of anilines is 1. The summed E-state index contributed by atoms with van der Waals surface area (Å²) >= 11 is 0. The lowest BCUT2D eigenvalue weighted by molar-refractivity contribution is -0.143.